The molecule has 1 saturated carbocycles. The van der Waals surface area contributed by atoms with E-state index in [9.17, 15) is 13.2 Å². The van der Waals surface area contributed by atoms with Gasteiger partial charge in [-0.3, -0.25) is 9.69 Å². The second kappa shape index (κ2) is 12.9. The van der Waals surface area contributed by atoms with Crippen LogP contribution in [0.3, 0.4) is 0 Å². The molecule has 4 fully saturated rings. The summed E-state index contributed by atoms with van der Waals surface area (Å²) < 4.78 is 35.5. The van der Waals surface area contributed by atoms with Crippen molar-refractivity contribution < 1.29 is 17.9 Å². The van der Waals surface area contributed by atoms with Crippen LogP contribution in [-0.4, -0.2) is 92.5 Å². The zero-order valence-corrected chi connectivity index (χ0v) is 28.0. The molecule has 0 radical (unpaired) electrons. The van der Waals surface area contributed by atoms with E-state index in [-0.39, 0.29) is 15.7 Å². The van der Waals surface area contributed by atoms with Crippen LogP contribution in [0.5, 0.6) is 0 Å². The number of ether oxygens (including phenoxy) is 1. The Labute approximate surface area is 265 Å². The number of nitrogens with one attached hydrogen (secondary N) is 1. The van der Waals surface area contributed by atoms with Crippen molar-refractivity contribution in [3.05, 3.63) is 41.5 Å². The van der Waals surface area contributed by atoms with Crippen molar-refractivity contribution in [1.29, 1.82) is 0 Å². The highest BCUT2D eigenvalue weighted by atomic mass is 32.2. The predicted molar refractivity (Wildman–Crippen MR) is 174 cm³/mol. The number of likely N-dealkylation sites (tertiary alicyclic amines) is 3. The number of amides is 1. The highest BCUT2D eigenvalue weighted by molar-refractivity contribution is 7.91. The topological polar surface area (TPSA) is 82.2 Å². The van der Waals surface area contributed by atoms with Crippen LogP contribution in [0.25, 0.3) is 9.75 Å². The number of thiophene rings is 2. The molecule has 0 aromatic carbocycles. The molecule has 2 aromatic heterocycles. The van der Waals surface area contributed by atoms with E-state index in [2.05, 4.69) is 21.1 Å². The Kier molecular flexibility index (Phi) is 9.39. The summed E-state index contributed by atoms with van der Waals surface area (Å²) in [6.07, 6.45) is 8.27. The molecule has 0 bridgehead atoms. The minimum atomic E-state index is -3.79. The van der Waals surface area contributed by atoms with Gasteiger partial charge >= 0.3 is 0 Å². The number of carbonyl (C=O) groups is 1. The molecule has 3 atom stereocenters. The SMILES string of the molecule is C=C(OCC)C1CCCN(C[C@@H]2CCCN2C2(CN3CCC[C@H](NS(=O)(=O)c4ccc(-c5ccc(C)s5)s4)C3=O)CC2)C1. The summed E-state index contributed by atoms with van der Waals surface area (Å²) >= 11 is 2.92. The number of piperidine rings is 2. The van der Waals surface area contributed by atoms with Gasteiger partial charge in [-0.15, -0.1) is 22.7 Å². The first-order valence-corrected chi connectivity index (χ1v) is 19.1. The highest BCUT2D eigenvalue weighted by Crippen LogP contribution is 2.47. The van der Waals surface area contributed by atoms with Gasteiger partial charge in [0.05, 0.1) is 12.4 Å². The molecule has 1 aliphatic carbocycles. The standard InChI is InChI=1S/C32H46N4O4S3/c1-4-40-24(3)25-8-5-17-34(20-25)21-26-9-6-19-36(26)32(15-16-32)22-35-18-7-10-27(31(35)37)33-43(38,39)30-14-13-29(42-30)28-12-11-23(2)41-28/h11-14,25-27,33H,3-10,15-22H2,1-2H3/t25?,26-,27-/m0/s1. The van der Waals surface area contributed by atoms with E-state index >= 15 is 0 Å². The minimum absolute atomic E-state index is 0.0309. The van der Waals surface area contributed by atoms with E-state index < -0.39 is 16.1 Å². The third-order valence-corrected chi connectivity index (χ3v) is 14.0. The fourth-order valence-electron chi connectivity index (χ4n) is 7.39. The maximum atomic E-state index is 13.7. The summed E-state index contributed by atoms with van der Waals surface area (Å²) in [4.78, 5) is 24.1. The first kappa shape index (κ1) is 31.2. The molecule has 0 spiro atoms. The largest absolute Gasteiger partial charge is 0.499 e. The summed E-state index contributed by atoms with van der Waals surface area (Å²) in [5.74, 6) is 1.27. The molecule has 5 heterocycles. The Morgan fingerprint density at radius 2 is 1.79 bits per heavy atom. The molecule has 1 amide bonds. The second-order valence-corrected chi connectivity index (χ2v) is 17.1. The van der Waals surface area contributed by atoms with E-state index in [1.165, 1.54) is 35.5 Å². The maximum Gasteiger partial charge on any atom is 0.250 e. The zero-order valence-electron chi connectivity index (χ0n) is 25.6. The van der Waals surface area contributed by atoms with Crippen molar-refractivity contribution in [3.63, 3.8) is 0 Å². The Hall–Kier alpha value is -1.76. The van der Waals surface area contributed by atoms with Gasteiger partial charge in [-0.2, -0.15) is 4.72 Å². The number of rotatable bonds is 12. The van der Waals surface area contributed by atoms with Gasteiger partial charge in [0.15, 0.2) is 0 Å². The highest BCUT2D eigenvalue weighted by Gasteiger charge is 2.53. The first-order chi connectivity index (χ1) is 20.7. The lowest BCUT2D eigenvalue weighted by Crippen LogP contribution is -2.57. The fraction of sp³-hybridized carbons (Fsp3) is 0.656. The Bertz CT molecular complexity index is 1410. The van der Waals surface area contributed by atoms with Crippen LogP contribution < -0.4 is 4.72 Å². The molecule has 4 aliphatic rings. The van der Waals surface area contributed by atoms with Crippen molar-refractivity contribution in [2.24, 2.45) is 5.92 Å². The van der Waals surface area contributed by atoms with Gasteiger partial charge in [0, 0.05) is 58.3 Å². The van der Waals surface area contributed by atoms with Crippen LogP contribution in [0.15, 0.2) is 40.8 Å². The van der Waals surface area contributed by atoms with E-state index in [0.29, 0.717) is 38.1 Å². The van der Waals surface area contributed by atoms with Crippen molar-refractivity contribution in [3.8, 4) is 9.75 Å². The molecule has 236 valence electrons. The number of aryl methyl sites for hydroxylation is 1. The summed E-state index contributed by atoms with van der Waals surface area (Å²) in [5, 5.41) is 0. The van der Waals surface area contributed by atoms with Gasteiger partial charge in [0.25, 0.3) is 10.0 Å². The molecule has 1 N–H and O–H groups in total. The molecule has 1 unspecified atom stereocenters. The van der Waals surface area contributed by atoms with Gasteiger partial charge in [-0.05, 0) is 103 Å². The molecule has 6 rings (SSSR count). The molecular formula is C32H46N4O4S3. The number of hydrogen-bond donors (Lipinski definition) is 1. The van der Waals surface area contributed by atoms with Gasteiger partial charge < -0.3 is 14.5 Å². The van der Waals surface area contributed by atoms with Crippen molar-refractivity contribution in [2.75, 3.05) is 45.9 Å². The zero-order chi connectivity index (χ0) is 30.2. The van der Waals surface area contributed by atoms with Crippen molar-refractivity contribution >= 4 is 38.6 Å². The average molecular weight is 647 g/mol. The molecule has 43 heavy (non-hydrogen) atoms. The minimum Gasteiger partial charge on any atom is -0.499 e. The summed E-state index contributed by atoms with van der Waals surface area (Å²) in [6, 6.07) is 7.38. The van der Waals surface area contributed by atoms with Gasteiger partial charge in [0.1, 0.15) is 10.3 Å². The summed E-state index contributed by atoms with van der Waals surface area (Å²) in [5.41, 5.74) is 0.0309. The monoisotopic (exact) mass is 646 g/mol. The third kappa shape index (κ3) is 6.92. The molecule has 8 nitrogen and oxygen atoms in total. The number of nitrogens with zero attached hydrogens (tertiary/aromatic N) is 3. The van der Waals surface area contributed by atoms with Crippen LogP contribution in [0, 0.1) is 12.8 Å². The molecule has 3 saturated heterocycles. The van der Waals surface area contributed by atoms with Crippen LogP contribution in [0.4, 0.5) is 0 Å². The van der Waals surface area contributed by atoms with Crippen LogP contribution in [-0.2, 0) is 19.6 Å². The van der Waals surface area contributed by atoms with E-state index in [1.54, 1.807) is 17.4 Å². The third-order valence-electron chi connectivity index (χ3n) is 9.72. The Balaban J connectivity index is 1.07. The number of hydrogen-bond acceptors (Lipinski definition) is 8. The van der Waals surface area contributed by atoms with Crippen LogP contribution in [0.1, 0.15) is 63.2 Å². The number of carbonyl (C=O) groups excluding carboxylic acids is 1. The molecular weight excluding hydrogens is 601 g/mol. The predicted octanol–water partition coefficient (Wildman–Crippen LogP) is 5.31. The van der Waals surface area contributed by atoms with Crippen molar-refractivity contribution in [2.45, 2.75) is 87.0 Å². The van der Waals surface area contributed by atoms with E-state index in [4.69, 9.17) is 4.74 Å². The van der Waals surface area contributed by atoms with E-state index in [1.807, 2.05) is 36.9 Å². The lowest BCUT2D eigenvalue weighted by atomic mass is 9.96. The molecule has 2 aromatic rings. The maximum absolute atomic E-state index is 13.7. The average Bonchev–Trinajstić information content (AvgIpc) is 3.36. The van der Waals surface area contributed by atoms with Gasteiger partial charge in [0.2, 0.25) is 5.91 Å². The summed E-state index contributed by atoms with van der Waals surface area (Å²) in [6.45, 7) is 14.6. The Morgan fingerprint density at radius 1 is 1.05 bits per heavy atom. The normalized spacial score (nSPS) is 26.6. The first-order valence-electron chi connectivity index (χ1n) is 16.0. The smallest absolute Gasteiger partial charge is 0.250 e. The van der Waals surface area contributed by atoms with Crippen molar-refractivity contribution in [1.82, 2.24) is 19.4 Å². The number of sulfonamides is 1. The second-order valence-electron chi connectivity index (χ2n) is 12.8. The van der Waals surface area contributed by atoms with Crippen LogP contribution in [0.2, 0.25) is 0 Å². The summed E-state index contributed by atoms with van der Waals surface area (Å²) in [7, 11) is -3.79. The van der Waals surface area contributed by atoms with Gasteiger partial charge in [-0.25, -0.2) is 8.42 Å². The lowest BCUT2D eigenvalue weighted by molar-refractivity contribution is -0.136. The fourth-order valence-corrected chi connectivity index (χ4v) is 10.9. The lowest BCUT2D eigenvalue weighted by Gasteiger charge is -2.42. The molecule has 3 aliphatic heterocycles. The molecule has 11 heteroatoms. The quantitative estimate of drug-likeness (QED) is 0.315. The van der Waals surface area contributed by atoms with Gasteiger partial charge in [-0.1, -0.05) is 6.58 Å². The Morgan fingerprint density at radius 3 is 2.53 bits per heavy atom. The van der Waals surface area contributed by atoms with Crippen LogP contribution >= 0.6 is 22.7 Å². The van der Waals surface area contributed by atoms with E-state index in [0.717, 1.165) is 67.4 Å².